The van der Waals surface area contributed by atoms with Gasteiger partial charge in [-0.25, -0.2) is 0 Å². The largest absolute Gasteiger partial charge is 0.388 e. The number of aromatic amines is 2. The molecule has 1 aliphatic carbocycles. The fourth-order valence-corrected chi connectivity index (χ4v) is 7.25. The number of aliphatic hydroxyl groups excluding tert-OH is 1. The highest BCUT2D eigenvalue weighted by atomic mass is 16.3. The summed E-state index contributed by atoms with van der Waals surface area (Å²) in [6, 6.07) is 11.7. The topological polar surface area (TPSA) is 98.0 Å². The third-order valence-electron chi connectivity index (χ3n) is 9.22. The van der Waals surface area contributed by atoms with Crippen molar-refractivity contribution < 1.29 is 14.7 Å². The minimum absolute atomic E-state index is 0.0642. The van der Waals surface area contributed by atoms with Gasteiger partial charge in [0.2, 0.25) is 11.7 Å². The van der Waals surface area contributed by atoms with Gasteiger partial charge in [0.05, 0.1) is 11.8 Å². The van der Waals surface area contributed by atoms with Crippen molar-refractivity contribution in [1.82, 2.24) is 15.3 Å². The first-order valence-electron chi connectivity index (χ1n) is 13.5. The molecule has 2 aliphatic heterocycles. The molecule has 3 aromatic rings. The van der Waals surface area contributed by atoms with Gasteiger partial charge in [-0.2, -0.15) is 0 Å². The highest BCUT2D eigenvalue weighted by Gasteiger charge is 2.64. The summed E-state index contributed by atoms with van der Waals surface area (Å²) in [5.74, 6) is -0.679. The Morgan fingerprint density at radius 1 is 1.05 bits per heavy atom. The van der Waals surface area contributed by atoms with Crippen LogP contribution in [0.1, 0.15) is 55.9 Å². The van der Waals surface area contributed by atoms with Crippen molar-refractivity contribution in [3.8, 4) is 0 Å². The molecule has 0 radical (unpaired) electrons. The van der Waals surface area contributed by atoms with E-state index in [0.29, 0.717) is 23.4 Å². The van der Waals surface area contributed by atoms with E-state index in [1.165, 1.54) is 0 Å². The zero-order chi connectivity index (χ0) is 26.8. The standard InChI is InChI=1S/C32H35N3O3/c1-17-8-7-10-23-30(37)20(4)19(3)28-26(15-21-16-33-24-11-6-5-9-22(21)24)35-31(38)32(23,28)27-13-12-25(34-27)29(36)18(2)14-17/h5-7,9-14,16-17,23,26,28,30,33-34,37H,8,15H2,1-4H3,(H,35,38). The van der Waals surface area contributed by atoms with Crippen molar-refractivity contribution in [3.05, 3.63) is 94.5 Å². The third-order valence-corrected chi connectivity index (χ3v) is 9.22. The molecule has 2 aromatic heterocycles. The molecule has 38 heavy (non-hydrogen) atoms. The number of carbonyl (C=O) groups excluding carboxylic acids is 2. The highest BCUT2D eigenvalue weighted by molar-refractivity contribution is 6.07. The maximum absolute atomic E-state index is 14.3. The quantitative estimate of drug-likeness (QED) is 0.360. The summed E-state index contributed by atoms with van der Waals surface area (Å²) in [7, 11) is 0. The van der Waals surface area contributed by atoms with E-state index in [1.54, 1.807) is 6.07 Å². The second-order valence-electron chi connectivity index (χ2n) is 11.4. The molecule has 3 aliphatic rings. The molecule has 1 spiro atoms. The van der Waals surface area contributed by atoms with Gasteiger partial charge in [0.25, 0.3) is 0 Å². The van der Waals surface area contributed by atoms with Crippen LogP contribution in [-0.4, -0.2) is 38.9 Å². The number of amides is 1. The van der Waals surface area contributed by atoms with Crippen LogP contribution in [-0.2, 0) is 16.6 Å². The lowest BCUT2D eigenvalue weighted by atomic mass is 9.55. The average molecular weight is 510 g/mol. The lowest BCUT2D eigenvalue weighted by Crippen LogP contribution is -2.54. The Morgan fingerprint density at radius 3 is 2.66 bits per heavy atom. The highest BCUT2D eigenvalue weighted by Crippen LogP contribution is 2.55. The normalized spacial score (nSPS) is 31.4. The third kappa shape index (κ3) is 3.50. The molecule has 6 heteroatoms. The van der Waals surface area contributed by atoms with Crippen molar-refractivity contribution in [2.24, 2.45) is 17.8 Å². The van der Waals surface area contributed by atoms with Crippen molar-refractivity contribution in [3.63, 3.8) is 0 Å². The molecule has 196 valence electrons. The van der Waals surface area contributed by atoms with Crippen LogP contribution >= 0.6 is 0 Å². The number of hydrogen-bond acceptors (Lipinski definition) is 3. The number of ketones is 1. The molecule has 1 fully saturated rings. The SMILES string of the molecule is CC1=CC(C)CC=CC2C(O)C(C)=C(C)C3C(Cc4c[nH]c5ccccc45)NC(=O)C23c2ccc([nH]2)C1=O. The Labute approximate surface area is 222 Å². The first-order valence-corrected chi connectivity index (χ1v) is 13.5. The molecule has 4 N–H and O–H groups in total. The molecule has 1 saturated heterocycles. The lowest BCUT2D eigenvalue weighted by Gasteiger charge is -2.46. The number of Topliss-reactive ketones (excluding diaryl/α,β-unsaturated/α-hetero) is 1. The van der Waals surface area contributed by atoms with Gasteiger partial charge in [0.15, 0.2) is 0 Å². The first kappa shape index (κ1) is 24.7. The van der Waals surface area contributed by atoms with Crippen LogP contribution in [0.2, 0.25) is 0 Å². The minimum Gasteiger partial charge on any atom is -0.388 e. The molecular formula is C32H35N3O3. The van der Waals surface area contributed by atoms with Gasteiger partial charge in [0.1, 0.15) is 5.41 Å². The van der Waals surface area contributed by atoms with Crippen molar-refractivity contribution in [2.45, 2.75) is 58.1 Å². The van der Waals surface area contributed by atoms with E-state index in [2.05, 4.69) is 40.4 Å². The summed E-state index contributed by atoms with van der Waals surface area (Å²) in [4.78, 5) is 34.3. The van der Waals surface area contributed by atoms with Crippen molar-refractivity contribution in [1.29, 1.82) is 0 Å². The number of allylic oxidation sites excluding steroid dienone is 3. The van der Waals surface area contributed by atoms with E-state index in [4.69, 9.17) is 0 Å². The number of benzene rings is 1. The van der Waals surface area contributed by atoms with E-state index >= 15 is 0 Å². The van der Waals surface area contributed by atoms with Gasteiger partial charge < -0.3 is 20.4 Å². The fourth-order valence-electron chi connectivity index (χ4n) is 7.25. The van der Waals surface area contributed by atoms with Crippen LogP contribution in [0.25, 0.3) is 10.9 Å². The Morgan fingerprint density at radius 2 is 1.84 bits per heavy atom. The predicted octanol–water partition coefficient (Wildman–Crippen LogP) is 5.14. The van der Waals surface area contributed by atoms with E-state index in [0.717, 1.165) is 34.0 Å². The molecule has 2 bridgehead atoms. The lowest BCUT2D eigenvalue weighted by molar-refractivity contribution is -0.127. The Hall–Kier alpha value is -3.64. The minimum atomic E-state index is -1.06. The molecule has 4 heterocycles. The molecule has 6 nitrogen and oxygen atoms in total. The maximum atomic E-state index is 14.3. The van der Waals surface area contributed by atoms with Crippen LogP contribution in [0.15, 0.2) is 77.5 Å². The first-order chi connectivity index (χ1) is 18.2. The Kier molecular flexibility index (Phi) is 5.84. The molecule has 0 saturated carbocycles. The number of fused-ring (bicyclic) bond motifs is 3. The number of hydrogen-bond donors (Lipinski definition) is 4. The summed E-state index contributed by atoms with van der Waals surface area (Å²) in [5.41, 5.74) is 4.96. The number of H-pyrrole nitrogens is 2. The van der Waals surface area contributed by atoms with Crippen molar-refractivity contribution in [2.75, 3.05) is 0 Å². The smallest absolute Gasteiger partial charge is 0.233 e. The van der Waals surface area contributed by atoms with Gasteiger partial charge >= 0.3 is 0 Å². The molecule has 6 unspecified atom stereocenters. The number of para-hydroxylation sites is 1. The van der Waals surface area contributed by atoms with Gasteiger partial charge in [-0.1, -0.05) is 48.9 Å². The van der Waals surface area contributed by atoms with E-state index < -0.39 is 17.4 Å². The number of aliphatic hydroxyl groups is 1. The fraction of sp³-hybridized carbons (Fsp3) is 0.375. The van der Waals surface area contributed by atoms with Crippen molar-refractivity contribution >= 4 is 22.6 Å². The van der Waals surface area contributed by atoms with Crippen LogP contribution in [0.4, 0.5) is 0 Å². The zero-order valence-corrected chi connectivity index (χ0v) is 22.3. The Bertz CT molecular complexity index is 1540. The molecule has 1 amide bonds. The van der Waals surface area contributed by atoms with E-state index in [9.17, 15) is 14.7 Å². The van der Waals surface area contributed by atoms with Gasteiger partial charge in [-0.3, -0.25) is 9.59 Å². The monoisotopic (exact) mass is 509 g/mol. The van der Waals surface area contributed by atoms with Crippen LogP contribution in [0, 0.1) is 17.8 Å². The summed E-state index contributed by atoms with van der Waals surface area (Å²) in [6.07, 6.45) is 8.73. The zero-order valence-electron chi connectivity index (χ0n) is 22.3. The Balaban J connectivity index is 1.54. The molecule has 6 atom stereocenters. The van der Waals surface area contributed by atoms with Gasteiger partial charge in [0, 0.05) is 40.7 Å². The van der Waals surface area contributed by atoms with Gasteiger partial charge in [-0.05, 0) is 74.4 Å². The summed E-state index contributed by atoms with van der Waals surface area (Å²) in [6.45, 7) is 7.96. The second kappa shape index (κ2) is 8.98. The molecular weight excluding hydrogens is 474 g/mol. The van der Waals surface area contributed by atoms with Gasteiger partial charge in [-0.15, -0.1) is 0 Å². The van der Waals surface area contributed by atoms with Crippen LogP contribution < -0.4 is 5.32 Å². The average Bonchev–Trinajstić information content (AvgIpc) is 3.61. The number of aromatic nitrogens is 2. The van der Waals surface area contributed by atoms with Crippen LogP contribution in [0.3, 0.4) is 0 Å². The number of rotatable bonds is 2. The number of nitrogens with one attached hydrogen (secondary N) is 3. The maximum Gasteiger partial charge on any atom is 0.233 e. The summed E-state index contributed by atoms with van der Waals surface area (Å²) in [5, 5.41) is 16.1. The summed E-state index contributed by atoms with van der Waals surface area (Å²) >= 11 is 0. The second-order valence-corrected chi connectivity index (χ2v) is 11.4. The molecule has 6 rings (SSSR count). The molecule has 1 aromatic carbocycles. The predicted molar refractivity (Wildman–Crippen MR) is 149 cm³/mol. The number of carbonyl (C=O) groups is 2. The summed E-state index contributed by atoms with van der Waals surface area (Å²) < 4.78 is 0. The van der Waals surface area contributed by atoms with E-state index in [-0.39, 0.29) is 29.6 Å². The van der Waals surface area contributed by atoms with Crippen LogP contribution in [0.5, 0.6) is 0 Å². The van der Waals surface area contributed by atoms with E-state index in [1.807, 2.05) is 57.3 Å².